The topological polar surface area (TPSA) is 122 Å². The molecule has 3 aliphatic rings. The molecule has 0 bridgehead atoms. The summed E-state index contributed by atoms with van der Waals surface area (Å²) >= 11 is 0. The fourth-order valence-corrected chi connectivity index (χ4v) is 5.50. The van der Waals surface area contributed by atoms with Gasteiger partial charge in [0, 0.05) is 23.7 Å². The van der Waals surface area contributed by atoms with Crippen molar-refractivity contribution < 1.29 is 23.6 Å². The standard InChI is InChI=1S/C24H23FN4O4/c1-11-3-8-15-20(12(11)2)27-23(33)24(15)19-18(16(28-24)9-17(26)30)21(31)29(22(19)32)10-13-4-6-14(25)7-5-13/h3-8,16,18-19,28H,9-10H2,1-2H3,(H2,26,30)(H,27,33)/t16?,18-,19+,24?/m1/s1. The maximum atomic E-state index is 13.7. The van der Waals surface area contributed by atoms with E-state index in [9.17, 15) is 23.6 Å². The van der Waals surface area contributed by atoms with Gasteiger partial charge in [0.1, 0.15) is 11.4 Å². The Labute approximate surface area is 189 Å². The van der Waals surface area contributed by atoms with Crippen molar-refractivity contribution in [3.05, 3.63) is 64.5 Å². The summed E-state index contributed by atoms with van der Waals surface area (Å²) in [5.74, 6) is -4.44. The first kappa shape index (κ1) is 21.3. The van der Waals surface area contributed by atoms with E-state index in [1.807, 2.05) is 19.9 Å². The summed E-state index contributed by atoms with van der Waals surface area (Å²) in [6.45, 7) is 3.75. The van der Waals surface area contributed by atoms with Crippen LogP contribution in [0.2, 0.25) is 0 Å². The Hall–Kier alpha value is -3.59. The fraction of sp³-hybridized carbons (Fsp3) is 0.333. The normalized spacial score (nSPS) is 27.8. The molecular weight excluding hydrogens is 427 g/mol. The maximum Gasteiger partial charge on any atom is 0.250 e. The fourth-order valence-electron chi connectivity index (χ4n) is 5.50. The van der Waals surface area contributed by atoms with Gasteiger partial charge in [-0.3, -0.25) is 29.4 Å². The molecular formula is C24H23FN4O4. The van der Waals surface area contributed by atoms with Crippen LogP contribution in [0.25, 0.3) is 0 Å². The summed E-state index contributed by atoms with van der Waals surface area (Å²) in [4.78, 5) is 53.4. The molecule has 4 atom stereocenters. The number of hydrogen-bond acceptors (Lipinski definition) is 5. The molecule has 2 aromatic carbocycles. The van der Waals surface area contributed by atoms with Crippen LogP contribution in [-0.4, -0.2) is 34.6 Å². The molecule has 4 amide bonds. The van der Waals surface area contributed by atoms with Crippen LogP contribution in [0.5, 0.6) is 0 Å². The molecule has 4 N–H and O–H groups in total. The number of amides is 4. The summed E-state index contributed by atoms with van der Waals surface area (Å²) in [5.41, 5.74) is 7.58. The highest BCUT2D eigenvalue weighted by Crippen LogP contribution is 2.54. The minimum Gasteiger partial charge on any atom is -0.370 e. The molecule has 9 heteroatoms. The van der Waals surface area contributed by atoms with E-state index < -0.39 is 52.9 Å². The molecule has 2 unspecified atom stereocenters. The number of hydrogen-bond donors (Lipinski definition) is 3. The third-order valence-electron chi connectivity index (χ3n) is 7.19. The number of aryl methyl sites for hydroxylation is 1. The number of anilines is 1. The van der Waals surface area contributed by atoms with Crippen molar-refractivity contribution in [1.29, 1.82) is 0 Å². The molecule has 170 valence electrons. The van der Waals surface area contributed by atoms with Gasteiger partial charge in [-0.05, 0) is 42.7 Å². The number of imide groups is 1. The SMILES string of the molecule is Cc1ccc2c(c1C)NC(=O)C21NC(CC(N)=O)[C@H]2C(=O)N(Cc3ccc(F)cc3)C(=O)[C@H]21. The van der Waals surface area contributed by atoms with E-state index in [4.69, 9.17) is 5.73 Å². The summed E-state index contributed by atoms with van der Waals surface area (Å²) < 4.78 is 13.3. The van der Waals surface area contributed by atoms with Crippen molar-refractivity contribution in [3.63, 3.8) is 0 Å². The number of primary amides is 1. The average molecular weight is 450 g/mol. The zero-order valence-electron chi connectivity index (χ0n) is 18.1. The van der Waals surface area contributed by atoms with E-state index in [-0.39, 0.29) is 13.0 Å². The lowest BCUT2D eigenvalue weighted by Crippen LogP contribution is -2.53. The number of fused-ring (bicyclic) bond motifs is 4. The molecule has 3 heterocycles. The van der Waals surface area contributed by atoms with Gasteiger partial charge in [-0.2, -0.15) is 0 Å². The van der Waals surface area contributed by atoms with Crippen LogP contribution in [0.3, 0.4) is 0 Å². The largest absolute Gasteiger partial charge is 0.370 e. The lowest BCUT2D eigenvalue weighted by atomic mass is 9.76. The highest BCUT2D eigenvalue weighted by Gasteiger charge is 2.70. The second-order valence-corrected chi connectivity index (χ2v) is 9.01. The lowest BCUT2D eigenvalue weighted by Gasteiger charge is -2.29. The van der Waals surface area contributed by atoms with Crippen molar-refractivity contribution in [2.45, 2.75) is 38.4 Å². The number of nitrogens with two attached hydrogens (primary N) is 1. The molecule has 0 aromatic heterocycles. The Bertz CT molecular complexity index is 1230. The zero-order chi connectivity index (χ0) is 23.7. The Morgan fingerprint density at radius 1 is 1.09 bits per heavy atom. The van der Waals surface area contributed by atoms with E-state index in [2.05, 4.69) is 10.6 Å². The van der Waals surface area contributed by atoms with Crippen LogP contribution in [-0.2, 0) is 31.3 Å². The molecule has 1 spiro atoms. The van der Waals surface area contributed by atoms with E-state index in [1.165, 1.54) is 24.3 Å². The first-order valence-electron chi connectivity index (χ1n) is 10.7. The Kier molecular flexibility index (Phi) is 4.65. The number of nitrogens with zero attached hydrogens (tertiary/aromatic N) is 1. The van der Waals surface area contributed by atoms with Gasteiger partial charge in [-0.1, -0.05) is 24.3 Å². The van der Waals surface area contributed by atoms with Gasteiger partial charge in [-0.25, -0.2) is 4.39 Å². The molecule has 2 fully saturated rings. The average Bonchev–Trinajstić information content (AvgIpc) is 3.33. The van der Waals surface area contributed by atoms with Gasteiger partial charge in [-0.15, -0.1) is 0 Å². The number of carbonyl (C=O) groups excluding carboxylic acids is 4. The molecule has 2 saturated heterocycles. The predicted octanol–water partition coefficient (Wildman–Crippen LogP) is 1.24. The van der Waals surface area contributed by atoms with Crippen LogP contribution in [0, 0.1) is 31.5 Å². The van der Waals surface area contributed by atoms with Crippen LogP contribution >= 0.6 is 0 Å². The zero-order valence-corrected chi connectivity index (χ0v) is 18.1. The Balaban J connectivity index is 1.61. The number of carbonyl (C=O) groups is 4. The van der Waals surface area contributed by atoms with Crippen LogP contribution in [0.4, 0.5) is 10.1 Å². The van der Waals surface area contributed by atoms with Gasteiger partial charge < -0.3 is 11.1 Å². The van der Waals surface area contributed by atoms with Crippen LogP contribution in [0.15, 0.2) is 36.4 Å². The maximum absolute atomic E-state index is 13.7. The molecule has 5 rings (SSSR count). The molecule has 0 aliphatic carbocycles. The highest BCUT2D eigenvalue weighted by molar-refractivity contribution is 6.15. The van der Waals surface area contributed by atoms with Gasteiger partial charge in [0.15, 0.2) is 0 Å². The Morgan fingerprint density at radius 3 is 2.45 bits per heavy atom. The number of nitrogens with one attached hydrogen (secondary N) is 2. The molecule has 2 aromatic rings. The first-order valence-corrected chi connectivity index (χ1v) is 10.7. The minimum absolute atomic E-state index is 0.0499. The van der Waals surface area contributed by atoms with E-state index in [0.29, 0.717) is 16.8 Å². The van der Waals surface area contributed by atoms with Crippen molar-refractivity contribution in [2.24, 2.45) is 17.6 Å². The molecule has 33 heavy (non-hydrogen) atoms. The molecule has 0 saturated carbocycles. The van der Waals surface area contributed by atoms with Crippen molar-refractivity contribution in [2.75, 3.05) is 5.32 Å². The van der Waals surface area contributed by atoms with E-state index in [1.54, 1.807) is 6.07 Å². The third kappa shape index (κ3) is 2.92. The summed E-state index contributed by atoms with van der Waals surface area (Å²) in [5, 5.41) is 6.06. The van der Waals surface area contributed by atoms with Crippen molar-refractivity contribution in [3.8, 4) is 0 Å². The summed E-state index contributed by atoms with van der Waals surface area (Å²) in [7, 11) is 0. The van der Waals surface area contributed by atoms with E-state index >= 15 is 0 Å². The van der Waals surface area contributed by atoms with Crippen molar-refractivity contribution in [1.82, 2.24) is 10.2 Å². The third-order valence-corrected chi connectivity index (χ3v) is 7.19. The van der Waals surface area contributed by atoms with Gasteiger partial charge in [0.05, 0.1) is 18.4 Å². The van der Waals surface area contributed by atoms with Crippen molar-refractivity contribution >= 4 is 29.3 Å². The number of halogens is 1. The van der Waals surface area contributed by atoms with E-state index in [0.717, 1.165) is 16.0 Å². The van der Waals surface area contributed by atoms with Gasteiger partial charge >= 0.3 is 0 Å². The number of benzene rings is 2. The number of likely N-dealkylation sites (tertiary alicyclic amines) is 1. The minimum atomic E-state index is -1.48. The highest BCUT2D eigenvalue weighted by atomic mass is 19.1. The summed E-state index contributed by atoms with van der Waals surface area (Å²) in [6, 6.07) is 8.39. The smallest absolute Gasteiger partial charge is 0.250 e. The Morgan fingerprint density at radius 2 is 1.79 bits per heavy atom. The van der Waals surface area contributed by atoms with Crippen LogP contribution in [0.1, 0.15) is 28.7 Å². The predicted molar refractivity (Wildman–Crippen MR) is 116 cm³/mol. The van der Waals surface area contributed by atoms with Crippen LogP contribution < -0.4 is 16.4 Å². The monoisotopic (exact) mass is 450 g/mol. The first-order chi connectivity index (χ1) is 15.6. The van der Waals surface area contributed by atoms with Gasteiger partial charge in [0.25, 0.3) is 0 Å². The molecule has 8 nitrogen and oxygen atoms in total. The second-order valence-electron chi connectivity index (χ2n) is 9.01. The molecule has 0 radical (unpaired) electrons. The molecule has 3 aliphatic heterocycles. The number of rotatable bonds is 4. The lowest BCUT2D eigenvalue weighted by molar-refractivity contribution is -0.143. The summed E-state index contributed by atoms with van der Waals surface area (Å²) in [6.07, 6.45) is -0.195. The van der Waals surface area contributed by atoms with Gasteiger partial charge in [0.2, 0.25) is 23.6 Å². The quantitative estimate of drug-likeness (QED) is 0.605. The second kappa shape index (κ2) is 7.21.